The largest absolute Gasteiger partial charge is 0.490 e. The van der Waals surface area contributed by atoms with Crippen LogP contribution in [-0.4, -0.2) is 37.8 Å². The first-order valence-electron chi connectivity index (χ1n) is 12.1. The van der Waals surface area contributed by atoms with E-state index in [0.717, 1.165) is 23.4 Å². The van der Waals surface area contributed by atoms with E-state index in [1.165, 1.54) is 4.90 Å². The van der Waals surface area contributed by atoms with Gasteiger partial charge in [-0.1, -0.05) is 29.8 Å². The van der Waals surface area contributed by atoms with Gasteiger partial charge < -0.3 is 19.7 Å². The van der Waals surface area contributed by atoms with Gasteiger partial charge in [-0.2, -0.15) is 0 Å². The second kappa shape index (κ2) is 10.1. The first-order valence-corrected chi connectivity index (χ1v) is 12.5. The number of carbonyl (C=O) groups excluding carboxylic acids is 2. The molecule has 8 heteroatoms. The third-order valence-corrected chi connectivity index (χ3v) is 6.80. The molecule has 186 valence electrons. The van der Waals surface area contributed by atoms with Crippen molar-refractivity contribution in [3.63, 3.8) is 0 Å². The fraction of sp³-hybridized carbons (Fsp3) is 0.286. The van der Waals surface area contributed by atoms with Crippen LogP contribution in [0.25, 0.3) is 0 Å². The van der Waals surface area contributed by atoms with Crippen molar-refractivity contribution < 1.29 is 19.1 Å². The van der Waals surface area contributed by atoms with Crippen LogP contribution in [0.15, 0.2) is 66.7 Å². The molecule has 0 saturated heterocycles. The van der Waals surface area contributed by atoms with Gasteiger partial charge in [0.2, 0.25) is 0 Å². The van der Waals surface area contributed by atoms with Gasteiger partial charge in [-0.25, -0.2) is 4.79 Å². The molecule has 0 radical (unpaired) electrons. The first-order chi connectivity index (χ1) is 17.5. The number of benzene rings is 3. The van der Waals surface area contributed by atoms with Gasteiger partial charge in [0, 0.05) is 28.0 Å². The topological polar surface area (TPSA) is 71.1 Å². The van der Waals surface area contributed by atoms with E-state index in [9.17, 15) is 9.59 Å². The van der Waals surface area contributed by atoms with Crippen LogP contribution in [0, 0.1) is 0 Å². The lowest BCUT2D eigenvalue weighted by Crippen LogP contribution is -2.44. The minimum atomic E-state index is -0.445. The molecule has 3 aromatic carbocycles. The average Bonchev–Trinajstić information content (AvgIpc) is 2.89. The number of anilines is 3. The van der Waals surface area contributed by atoms with E-state index >= 15 is 0 Å². The summed E-state index contributed by atoms with van der Waals surface area (Å²) >= 11 is 6.05. The molecule has 2 amide bonds. The highest BCUT2D eigenvalue weighted by molar-refractivity contribution is 6.30. The van der Waals surface area contributed by atoms with Crippen molar-refractivity contribution in [2.24, 2.45) is 0 Å². The van der Waals surface area contributed by atoms with Gasteiger partial charge in [-0.3, -0.25) is 9.69 Å². The molecule has 0 saturated carbocycles. The molecule has 2 atom stereocenters. The van der Waals surface area contributed by atoms with Gasteiger partial charge in [-0.15, -0.1) is 0 Å². The number of carbonyl (C=O) groups is 2. The molecule has 0 aliphatic carbocycles. The molecule has 0 bridgehead atoms. The van der Waals surface area contributed by atoms with Crippen molar-refractivity contribution >= 4 is 40.7 Å². The molecular formula is C28H28ClN3O4. The SMILES string of the molecule is CCOC(=O)N1CCOc2ccc(C(=O)N3c4ccccc4[C@H](Nc4ccc(Cl)cc4)C[C@@H]3C)cc21. The Bertz CT molecular complexity index is 1280. The van der Waals surface area contributed by atoms with Crippen molar-refractivity contribution in [3.8, 4) is 5.75 Å². The molecule has 2 aliphatic heterocycles. The number of nitrogens with zero attached hydrogens (tertiary/aromatic N) is 2. The third kappa shape index (κ3) is 4.58. The number of fused-ring (bicyclic) bond motifs is 2. The molecule has 0 aromatic heterocycles. The second-order valence-corrected chi connectivity index (χ2v) is 9.34. The molecule has 0 fully saturated rings. The Morgan fingerprint density at radius 3 is 2.64 bits per heavy atom. The van der Waals surface area contributed by atoms with E-state index in [1.807, 2.05) is 47.4 Å². The van der Waals surface area contributed by atoms with Crippen LogP contribution in [-0.2, 0) is 4.74 Å². The van der Waals surface area contributed by atoms with Crippen LogP contribution in [0.5, 0.6) is 5.75 Å². The monoisotopic (exact) mass is 505 g/mol. The summed E-state index contributed by atoms with van der Waals surface area (Å²) in [5, 5.41) is 4.28. The third-order valence-electron chi connectivity index (χ3n) is 6.55. The summed E-state index contributed by atoms with van der Waals surface area (Å²) in [6.07, 6.45) is 0.286. The normalized spacial score (nSPS) is 18.5. The summed E-state index contributed by atoms with van der Waals surface area (Å²) < 4.78 is 10.9. The van der Waals surface area contributed by atoms with E-state index < -0.39 is 6.09 Å². The van der Waals surface area contributed by atoms with Gasteiger partial charge in [-0.05, 0) is 74.4 Å². The van der Waals surface area contributed by atoms with Crippen LogP contribution in [0.4, 0.5) is 21.9 Å². The van der Waals surface area contributed by atoms with E-state index in [0.29, 0.717) is 35.2 Å². The maximum Gasteiger partial charge on any atom is 0.414 e. The number of halogens is 1. The number of hydrogen-bond acceptors (Lipinski definition) is 5. The minimum Gasteiger partial charge on any atom is -0.490 e. The highest BCUT2D eigenvalue weighted by Gasteiger charge is 2.35. The van der Waals surface area contributed by atoms with Crippen LogP contribution < -0.4 is 19.9 Å². The smallest absolute Gasteiger partial charge is 0.414 e. The fourth-order valence-electron chi connectivity index (χ4n) is 4.89. The predicted octanol–water partition coefficient (Wildman–Crippen LogP) is 6.29. The summed E-state index contributed by atoms with van der Waals surface area (Å²) in [5.41, 5.74) is 3.92. The average molecular weight is 506 g/mol. The Kier molecular flexibility index (Phi) is 6.74. The Labute approximate surface area is 215 Å². The molecule has 1 N–H and O–H groups in total. The molecule has 5 rings (SSSR count). The van der Waals surface area contributed by atoms with Crippen molar-refractivity contribution in [2.45, 2.75) is 32.4 Å². The number of rotatable bonds is 4. The van der Waals surface area contributed by atoms with Gasteiger partial charge in [0.25, 0.3) is 5.91 Å². The summed E-state index contributed by atoms with van der Waals surface area (Å²) in [5.74, 6) is 0.433. The second-order valence-electron chi connectivity index (χ2n) is 8.90. The predicted molar refractivity (Wildman–Crippen MR) is 141 cm³/mol. The van der Waals surface area contributed by atoms with E-state index in [4.69, 9.17) is 21.1 Å². The van der Waals surface area contributed by atoms with Gasteiger partial charge in [0.05, 0.1) is 24.9 Å². The Balaban J connectivity index is 1.46. The van der Waals surface area contributed by atoms with Crippen LogP contribution in [0.2, 0.25) is 5.02 Å². The standard InChI is InChI=1S/C28H28ClN3O4/c1-3-35-28(34)31-14-15-36-26-13-8-19(17-25(26)31)27(33)32-18(2)16-23(22-6-4-5-7-24(22)32)30-21-11-9-20(29)10-12-21/h4-13,17-18,23,30H,3,14-16H2,1-2H3/t18-,23+/m0/s1. The Morgan fingerprint density at radius 2 is 1.86 bits per heavy atom. The molecule has 2 heterocycles. The van der Waals surface area contributed by atoms with Crippen molar-refractivity contribution in [1.82, 2.24) is 0 Å². The van der Waals surface area contributed by atoms with E-state index in [2.05, 4.69) is 18.3 Å². The quantitative estimate of drug-likeness (QED) is 0.451. The minimum absolute atomic E-state index is 0.0395. The Morgan fingerprint density at radius 1 is 1.08 bits per heavy atom. The lowest BCUT2D eigenvalue weighted by atomic mass is 9.90. The number of ether oxygens (including phenoxy) is 2. The number of para-hydroxylation sites is 1. The van der Waals surface area contributed by atoms with Crippen LogP contribution in [0.1, 0.15) is 42.2 Å². The zero-order valence-electron chi connectivity index (χ0n) is 20.2. The van der Waals surface area contributed by atoms with Gasteiger partial charge in [0.15, 0.2) is 0 Å². The summed E-state index contributed by atoms with van der Waals surface area (Å²) in [6, 6.07) is 20.8. The van der Waals surface area contributed by atoms with Gasteiger partial charge in [0.1, 0.15) is 12.4 Å². The highest BCUT2D eigenvalue weighted by atomic mass is 35.5. The maximum absolute atomic E-state index is 13.9. The molecule has 0 unspecified atom stereocenters. The molecule has 2 aliphatic rings. The van der Waals surface area contributed by atoms with Crippen LogP contribution >= 0.6 is 11.6 Å². The van der Waals surface area contributed by atoms with Crippen molar-refractivity contribution in [3.05, 3.63) is 82.9 Å². The van der Waals surface area contributed by atoms with Gasteiger partial charge >= 0.3 is 6.09 Å². The fourth-order valence-corrected chi connectivity index (χ4v) is 5.01. The summed E-state index contributed by atoms with van der Waals surface area (Å²) in [7, 11) is 0. The van der Waals surface area contributed by atoms with E-state index in [-0.39, 0.29) is 24.6 Å². The van der Waals surface area contributed by atoms with E-state index in [1.54, 1.807) is 25.1 Å². The number of nitrogens with one attached hydrogen (secondary N) is 1. The lowest BCUT2D eigenvalue weighted by molar-refractivity contribution is 0.0973. The molecule has 0 spiro atoms. The zero-order chi connectivity index (χ0) is 25.2. The molecule has 36 heavy (non-hydrogen) atoms. The lowest BCUT2D eigenvalue weighted by Gasteiger charge is -2.40. The number of amides is 2. The van der Waals surface area contributed by atoms with Crippen molar-refractivity contribution in [1.29, 1.82) is 0 Å². The van der Waals surface area contributed by atoms with Crippen molar-refractivity contribution in [2.75, 3.05) is 34.9 Å². The summed E-state index contributed by atoms with van der Waals surface area (Å²) in [6.45, 7) is 4.83. The number of hydrogen-bond donors (Lipinski definition) is 1. The zero-order valence-corrected chi connectivity index (χ0v) is 21.0. The molecule has 3 aromatic rings. The maximum atomic E-state index is 13.9. The first kappa shape index (κ1) is 24.0. The Hall–Kier alpha value is -3.71. The highest BCUT2D eigenvalue weighted by Crippen LogP contribution is 2.40. The van der Waals surface area contributed by atoms with Crippen LogP contribution in [0.3, 0.4) is 0 Å². The molecule has 7 nitrogen and oxygen atoms in total. The molecular weight excluding hydrogens is 478 g/mol. The summed E-state index contributed by atoms with van der Waals surface area (Å²) in [4.78, 5) is 29.8.